The number of halogens is 8. The Labute approximate surface area is 199 Å². The number of rotatable bonds is 5. The zero-order chi connectivity index (χ0) is 26.1. The summed E-state index contributed by atoms with van der Waals surface area (Å²) in [6, 6.07) is 3.18. The van der Waals surface area contributed by atoms with Crippen molar-refractivity contribution in [3.8, 4) is 0 Å². The number of hydrogen-bond donors (Lipinski definition) is 1. The molecule has 0 aromatic heterocycles. The Morgan fingerprint density at radius 2 is 1.60 bits per heavy atom. The first-order valence-electron chi connectivity index (χ1n) is 10.0. The second-order valence-corrected chi connectivity index (χ2v) is 8.23. The standard InChI is InChI=1S/C23H17ClF7NO3/c1-35-21(34)19(17-5-3-15(25)10-18(17)24)11-2-4-16(8-11)32-20(33)12-6-13(22(26,27)28)9-14(7-12)23(29,30)31/h2-7,9-11,16,19H,8H2,1H3,(H,32,33)/t11-,16-,19+/m1/s1. The van der Waals surface area contributed by atoms with Gasteiger partial charge >= 0.3 is 18.3 Å². The molecule has 12 heteroatoms. The molecule has 0 radical (unpaired) electrons. The maximum Gasteiger partial charge on any atom is 0.416 e. The predicted octanol–water partition coefficient (Wildman–Crippen LogP) is 6.15. The minimum Gasteiger partial charge on any atom is -0.469 e. The van der Waals surface area contributed by atoms with Crippen LogP contribution < -0.4 is 5.32 Å². The molecule has 3 atom stereocenters. The quantitative estimate of drug-likeness (QED) is 0.291. The van der Waals surface area contributed by atoms with Crippen LogP contribution in [0, 0.1) is 11.7 Å². The summed E-state index contributed by atoms with van der Waals surface area (Å²) in [5, 5.41) is 2.33. The van der Waals surface area contributed by atoms with Crippen molar-refractivity contribution in [2.24, 2.45) is 5.92 Å². The third-order valence-electron chi connectivity index (χ3n) is 5.46. The molecule has 0 aliphatic heterocycles. The number of hydrogen-bond acceptors (Lipinski definition) is 3. The molecule has 0 fully saturated rings. The lowest BCUT2D eigenvalue weighted by molar-refractivity contribution is -0.144. The van der Waals surface area contributed by atoms with E-state index in [1.165, 1.54) is 12.1 Å². The minimum absolute atomic E-state index is 0.0371. The second kappa shape index (κ2) is 9.88. The number of esters is 1. The van der Waals surface area contributed by atoms with Crippen molar-refractivity contribution in [1.29, 1.82) is 0 Å². The molecule has 4 nitrogen and oxygen atoms in total. The van der Waals surface area contributed by atoms with Crippen molar-refractivity contribution in [3.05, 3.63) is 81.6 Å². The van der Waals surface area contributed by atoms with Gasteiger partial charge in [0.15, 0.2) is 0 Å². The lowest BCUT2D eigenvalue weighted by atomic mass is 9.85. The largest absolute Gasteiger partial charge is 0.469 e. The number of methoxy groups -OCH3 is 1. The fraction of sp³-hybridized carbons (Fsp3) is 0.304. The van der Waals surface area contributed by atoms with Gasteiger partial charge in [-0.15, -0.1) is 0 Å². The van der Waals surface area contributed by atoms with Gasteiger partial charge < -0.3 is 10.1 Å². The molecular formula is C23H17ClF7NO3. The molecule has 2 aromatic rings. The second-order valence-electron chi connectivity index (χ2n) is 7.83. The molecule has 0 saturated heterocycles. The Balaban J connectivity index is 1.82. The lowest BCUT2D eigenvalue weighted by Crippen LogP contribution is -2.34. The zero-order valence-electron chi connectivity index (χ0n) is 17.8. The number of ether oxygens (including phenoxy) is 1. The van der Waals surface area contributed by atoms with E-state index in [1.807, 2.05) is 0 Å². The fourth-order valence-electron chi connectivity index (χ4n) is 3.83. The van der Waals surface area contributed by atoms with Crippen LogP contribution in [0.4, 0.5) is 30.7 Å². The molecule has 1 aliphatic rings. The summed E-state index contributed by atoms with van der Waals surface area (Å²) in [5.41, 5.74) is -3.80. The average Bonchev–Trinajstić information content (AvgIpc) is 3.21. The van der Waals surface area contributed by atoms with E-state index in [2.05, 4.69) is 5.32 Å². The molecule has 0 heterocycles. The Bertz CT molecular complexity index is 1130. The van der Waals surface area contributed by atoms with Gasteiger partial charge in [0.05, 0.1) is 24.2 Å². The molecule has 0 unspecified atom stereocenters. The van der Waals surface area contributed by atoms with E-state index < -0.39 is 64.6 Å². The smallest absolute Gasteiger partial charge is 0.416 e. The van der Waals surface area contributed by atoms with Crippen LogP contribution in [0.3, 0.4) is 0 Å². The molecule has 35 heavy (non-hydrogen) atoms. The van der Waals surface area contributed by atoms with E-state index in [4.69, 9.17) is 16.3 Å². The average molecular weight is 524 g/mol. The summed E-state index contributed by atoms with van der Waals surface area (Å²) in [6.07, 6.45) is -7.15. The summed E-state index contributed by atoms with van der Waals surface area (Å²) in [5.74, 6) is -4.09. The van der Waals surface area contributed by atoms with Crippen molar-refractivity contribution < 1.29 is 45.1 Å². The Morgan fingerprint density at radius 3 is 2.11 bits per heavy atom. The molecule has 0 spiro atoms. The number of nitrogens with one attached hydrogen (secondary N) is 1. The van der Waals surface area contributed by atoms with Gasteiger partial charge in [0.25, 0.3) is 5.91 Å². The topological polar surface area (TPSA) is 55.4 Å². The normalized spacial score (nSPS) is 18.9. The van der Waals surface area contributed by atoms with E-state index in [9.17, 15) is 40.3 Å². The van der Waals surface area contributed by atoms with Crippen LogP contribution in [0.2, 0.25) is 5.02 Å². The van der Waals surface area contributed by atoms with Crippen molar-refractivity contribution >= 4 is 23.5 Å². The number of carbonyl (C=O) groups excluding carboxylic acids is 2. The van der Waals surface area contributed by atoms with E-state index in [-0.39, 0.29) is 23.1 Å². The molecule has 0 saturated carbocycles. The van der Waals surface area contributed by atoms with Gasteiger partial charge in [0, 0.05) is 16.6 Å². The monoisotopic (exact) mass is 523 g/mol. The van der Waals surface area contributed by atoms with Crippen molar-refractivity contribution in [2.75, 3.05) is 7.11 Å². The summed E-state index contributed by atoms with van der Waals surface area (Å²) in [4.78, 5) is 25.0. The SMILES string of the molecule is COC(=O)[C@H](c1ccc(F)cc1Cl)[C@@H]1C=C[C@@H](NC(=O)c2cc(C(F)(F)F)cc(C(F)(F)F)c2)C1. The predicted molar refractivity (Wildman–Crippen MR) is 111 cm³/mol. The highest BCUT2D eigenvalue weighted by molar-refractivity contribution is 6.31. The van der Waals surface area contributed by atoms with Gasteiger partial charge in [0.2, 0.25) is 0 Å². The van der Waals surface area contributed by atoms with Crippen LogP contribution in [0.15, 0.2) is 48.6 Å². The molecule has 188 valence electrons. The molecule has 1 N–H and O–H groups in total. The Hall–Kier alpha value is -3.08. The number of amides is 1. The highest BCUT2D eigenvalue weighted by Gasteiger charge is 2.38. The highest BCUT2D eigenvalue weighted by Crippen LogP contribution is 2.39. The third-order valence-corrected chi connectivity index (χ3v) is 5.79. The van der Waals surface area contributed by atoms with Crippen LogP contribution in [0.25, 0.3) is 0 Å². The van der Waals surface area contributed by atoms with Gasteiger partial charge in [-0.2, -0.15) is 26.3 Å². The van der Waals surface area contributed by atoms with Crippen LogP contribution in [-0.2, 0) is 21.9 Å². The summed E-state index contributed by atoms with van der Waals surface area (Å²) in [6.45, 7) is 0. The van der Waals surface area contributed by atoms with Gasteiger partial charge in [-0.3, -0.25) is 9.59 Å². The van der Waals surface area contributed by atoms with E-state index in [0.29, 0.717) is 12.1 Å². The van der Waals surface area contributed by atoms with Gasteiger partial charge in [-0.25, -0.2) is 4.39 Å². The highest BCUT2D eigenvalue weighted by atomic mass is 35.5. The summed E-state index contributed by atoms with van der Waals surface area (Å²) >= 11 is 6.08. The van der Waals surface area contributed by atoms with E-state index >= 15 is 0 Å². The van der Waals surface area contributed by atoms with Crippen molar-refractivity contribution in [1.82, 2.24) is 5.32 Å². The zero-order valence-corrected chi connectivity index (χ0v) is 18.6. The maximum atomic E-state index is 13.4. The molecule has 2 aromatic carbocycles. The number of benzene rings is 2. The van der Waals surface area contributed by atoms with Crippen LogP contribution in [-0.4, -0.2) is 25.0 Å². The molecule has 0 bridgehead atoms. The van der Waals surface area contributed by atoms with E-state index in [0.717, 1.165) is 19.2 Å². The fourth-order valence-corrected chi connectivity index (χ4v) is 4.12. The van der Waals surface area contributed by atoms with Crippen LogP contribution >= 0.6 is 11.6 Å². The molecule has 1 aliphatic carbocycles. The van der Waals surface area contributed by atoms with E-state index in [1.54, 1.807) is 6.08 Å². The van der Waals surface area contributed by atoms with Crippen molar-refractivity contribution in [3.63, 3.8) is 0 Å². The first-order valence-corrected chi connectivity index (χ1v) is 10.4. The number of alkyl halides is 6. The van der Waals surface area contributed by atoms with Gasteiger partial charge in [0.1, 0.15) is 5.82 Å². The summed E-state index contributed by atoms with van der Waals surface area (Å²) in [7, 11) is 1.14. The molecule has 1 amide bonds. The Morgan fingerprint density at radius 1 is 1.00 bits per heavy atom. The third kappa shape index (κ3) is 6.14. The van der Waals surface area contributed by atoms with Crippen LogP contribution in [0.1, 0.15) is 39.4 Å². The minimum atomic E-state index is -5.10. The first kappa shape index (κ1) is 26.5. The van der Waals surface area contributed by atoms with Crippen molar-refractivity contribution in [2.45, 2.75) is 30.7 Å². The van der Waals surface area contributed by atoms with Gasteiger partial charge in [-0.05, 0) is 48.2 Å². The number of allylic oxidation sites excluding steroid dienone is 1. The van der Waals surface area contributed by atoms with Gasteiger partial charge in [-0.1, -0.05) is 29.8 Å². The Kier molecular flexibility index (Phi) is 7.49. The number of carbonyl (C=O) groups is 2. The summed E-state index contributed by atoms with van der Waals surface area (Å²) < 4.78 is 96.8. The molecular weight excluding hydrogens is 507 g/mol. The molecule has 3 rings (SSSR count). The first-order chi connectivity index (χ1) is 16.2. The van der Waals surface area contributed by atoms with Crippen LogP contribution in [0.5, 0.6) is 0 Å². The maximum absolute atomic E-state index is 13.4. The lowest BCUT2D eigenvalue weighted by Gasteiger charge is -2.23.